The van der Waals surface area contributed by atoms with Gasteiger partial charge in [-0.1, -0.05) is 29.8 Å². The highest BCUT2D eigenvalue weighted by molar-refractivity contribution is 7.89. The van der Waals surface area contributed by atoms with Crippen molar-refractivity contribution in [2.75, 3.05) is 11.9 Å². The lowest BCUT2D eigenvalue weighted by molar-refractivity contribution is -0.119. The molecule has 2 aromatic carbocycles. The summed E-state index contributed by atoms with van der Waals surface area (Å²) < 4.78 is 41.2. The number of carbonyl (C=O) groups is 1. The first-order chi connectivity index (χ1) is 13.9. The van der Waals surface area contributed by atoms with Crippen molar-refractivity contribution >= 4 is 44.1 Å². The Bertz CT molecular complexity index is 1200. The minimum absolute atomic E-state index is 0.0696. The highest BCUT2D eigenvalue weighted by atomic mass is 35.5. The van der Waals surface area contributed by atoms with Crippen LogP contribution < -0.4 is 5.32 Å². The summed E-state index contributed by atoms with van der Waals surface area (Å²) in [6.07, 6.45) is 2.48. The Balaban J connectivity index is 1.64. The standard InChI is InChI=1S/C20H17ClFN3O3S/c21-15-12-14(8-9-16(15)22)24-20(26)17-6-3-11-25(17)29(27,28)18-7-1-4-13-5-2-10-23-19(13)18/h1-2,4-5,7-10,12,17H,3,6,11H2,(H,24,26). The monoisotopic (exact) mass is 433 g/mol. The number of nitrogens with one attached hydrogen (secondary N) is 1. The number of halogens is 2. The maximum absolute atomic E-state index is 13.3. The van der Waals surface area contributed by atoms with Crippen LogP contribution in [0.25, 0.3) is 10.9 Å². The topological polar surface area (TPSA) is 79.4 Å². The average Bonchev–Trinajstić information content (AvgIpc) is 3.21. The molecule has 2 heterocycles. The van der Waals surface area contributed by atoms with Crippen molar-refractivity contribution in [3.05, 3.63) is 65.6 Å². The largest absolute Gasteiger partial charge is 0.325 e. The van der Waals surface area contributed by atoms with Crippen LogP contribution in [0.15, 0.2) is 59.6 Å². The van der Waals surface area contributed by atoms with Crippen LogP contribution in [0, 0.1) is 5.82 Å². The van der Waals surface area contributed by atoms with E-state index in [0.717, 1.165) is 6.07 Å². The molecular formula is C20H17ClFN3O3S. The first-order valence-electron chi connectivity index (χ1n) is 8.99. The molecule has 0 saturated carbocycles. The molecule has 3 aromatic rings. The number of aromatic nitrogens is 1. The van der Waals surface area contributed by atoms with E-state index in [-0.39, 0.29) is 16.5 Å². The third-order valence-electron chi connectivity index (χ3n) is 4.88. The summed E-state index contributed by atoms with van der Waals surface area (Å²) in [4.78, 5) is 17.1. The van der Waals surface area contributed by atoms with E-state index in [0.29, 0.717) is 29.4 Å². The van der Waals surface area contributed by atoms with Crippen molar-refractivity contribution < 1.29 is 17.6 Å². The van der Waals surface area contributed by atoms with E-state index >= 15 is 0 Å². The van der Waals surface area contributed by atoms with Crippen LogP contribution in [-0.4, -0.2) is 36.2 Å². The Morgan fingerprint density at radius 2 is 2.00 bits per heavy atom. The molecule has 0 spiro atoms. The maximum Gasteiger partial charge on any atom is 0.245 e. The number of carbonyl (C=O) groups excluding carboxylic acids is 1. The minimum Gasteiger partial charge on any atom is -0.325 e. The molecule has 9 heteroatoms. The Labute approximate surface area is 172 Å². The van der Waals surface area contributed by atoms with Crippen LogP contribution in [0.3, 0.4) is 0 Å². The zero-order valence-corrected chi connectivity index (χ0v) is 16.8. The second kappa shape index (κ2) is 7.70. The van der Waals surface area contributed by atoms with Gasteiger partial charge in [0.05, 0.1) is 10.5 Å². The summed E-state index contributed by atoms with van der Waals surface area (Å²) in [7, 11) is -3.94. The van der Waals surface area contributed by atoms with Crippen LogP contribution in [-0.2, 0) is 14.8 Å². The van der Waals surface area contributed by atoms with Gasteiger partial charge >= 0.3 is 0 Å². The van der Waals surface area contributed by atoms with E-state index in [1.54, 1.807) is 24.3 Å². The quantitative estimate of drug-likeness (QED) is 0.678. The normalized spacial score (nSPS) is 17.5. The first-order valence-corrected chi connectivity index (χ1v) is 10.8. The van der Waals surface area contributed by atoms with Gasteiger partial charge in [0.1, 0.15) is 16.8 Å². The second-order valence-corrected chi connectivity index (χ2v) is 8.99. The van der Waals surface area contributed by atoms with E-state index in [1.807, 2.05) is 0 Å². The molecule has 1 unspecified atom stereocenters. The smallest absolute Gasteiger partial charge is 0.245 e. The highest BCUT2D eigenvalue weighted by Crippen LogP contribution is 2.30. The number of amides is 1. The lowest BCUT2D eigenvalue weighted by Crippen LogP contribution is -2.43. The number of hydrogen-bond donors (Lipinski definition) is 1. The van der Waals surface area contributed by atoms with Crippen molar-refractivity contribution in [2.45, 2.75) is 23.8 Å². The van der Waals surface area contributed by atoms with Gasteiger partial charge < -0.3 is 5.32 Å². The van der Waals surface area contributed by atoms with Crippen molar-refractivity contribution in [1.29, 1.82) is 0 Å². The first kappa shape index (κ1) is 19.8. The summed E-state index contributed by atoms with van der Waals surface area (Å²) in [6.45, 7) is 0.230. The molecule has 1 fully saturated rings. The summed E-state index contributed by atoms with van der Waals surface area (Å²) in [6, 6.07) is 11.4. The number of nitrogens with zero attached hydrogens (tertiary/aromatic N) is 2. The Kier molecular flexibility index (Phi) is 5.24. The fraction of sp³-hybridized carbons (Fsp3) is 0.200. The molecule has 1 aromatic heterocycles. The number of pyridine rings is 1. The third kappa shape index (κ3) is 3.71. The van der Waals surface area contributed by atoms with Gasteiger partial charge in [0.15, 0.2) is 0 Å². The molecule has 1 aliphatic rings. The Morgan fingerprint density at radius 1 is 1.21 bits per heavy atom. The molecule has 0 radical (unpaired) electrons. The van der Waals surface area contributed by atoms with Crippen molar-refractivity contribution in [3.8, 4) is 0 Å². The molecule has 29 heavy (non-hydrogen) atoms. The number of rotatable bonds is 4. The van der Waals surface area contributed by atoms with Gasteiger partial charge in [-0.15, -0.1) is 0 Å². The minimum atomic E-state index is -3.94. The molecule has 4 rings (SSSR count). The molecule has 150 valence electrons. The van der Waals surface area contributed by atoms with Gasteiger partial charge in [0.2, 0.25) is 15.9 Å². The van der Waals surface area contributed by atoms with Crippen LogP contribution in [0.1, 0.15) is 12.8 Å². The molecule has 1 aliphatic heterocycles. The zero-order chi connectivity index (χ0) is 20.6. The average molecular weight is 434 g/mol. The molecular weight excluding hydrogens is 417 g/mol. The van der Waals surface area contributed by atoms with E-state index < -0.39 is 27.8 Å². The van der Waals surface area contributed by atoms with Crippen LogP contribution in [0.5, 0.6) is 0 Å². The molecule has 1 atom stereocenters. The fourth-order valence-corrected chi connectivity index (χ4v) is 5.50. The van der Waals surface area contributed by atoms with Gasteiger partial charge in [0.25, 0.3) is 0 Å². The number of fused-ring (bicyclic) bond motifs is 1. The van der Waals surface area contributed by atoms with Gasteiger partial charge in [-0.3, -0.25) is 9.78 Å². The zero-order valence-electron chi connectivity index (χ0n) is 15.2. The van der Waals surface area contributed by atoms with E-state index in [1.165, 1.54) is 28.7 Å². The summed E-state index contributed by atoms with van der Waals surface area (Å²) in [5.41, 5.74) is 0.670. The number of sulfonamides is 1. The molecule has 1 amide bonds. The molecule has 1 saturated heterocycles. The van der Waals surface area contributed by atoms with E-state index in [4.69, 9.17) is 11.6 Å². The van der Waals surface area contributed by atoms with Crippen LogP contribution in [0.2, 0.25) is 5.02 Å². The highest BCUT2D eigenvalue weighted by Gasteiger charge is 2.40. The molecule has 6 nitrogen and oxygen atoms in total. The Hall–Kier alpha value is -2.55. The number of anilines is 1. The number of hydrogen-bond acceptors (Lipinski definition) is 4. The number of benzene rings is 2. The number of para-hydroxylation sites is 1. The van der Waals surface area contributed by atoms with Crippen LogP contribution >= 0.6 is 11.6 Å². The van der Waals surface area contributed by atoms with Gasteiger partial charge in [-0.2, -0.15) is 4.31 Å². The lowest BCUT2D eigenvalue weighted by Gasteiger charge is -2.24. The third-order valence-corrected chi connectivity index (χ3v) is 7.11. The lowest BCUT2D eigenvalue weighted by atomic mass is 10.2. The Morgan fingerprint density at radius 3 is 2.79 bits per heavy atom. The van der Waals surface area contributed by atoms with Gasteiger partial charge in [0, 0.05) is 23.8 Å². The van der Waals surface area contributed by atoms with Crippen molar-refractivity contribution in [1.82, 2.24) is 9.29 Å². The van der Waals surface area contributed by atoms with Gasteiger partial charge in [-0.25, -0.2) is 12.8 Å². The summed E-state index contributed by atoms with van der Waals surface area (Å²) in [5, 5.41) is 3.21. The van der Waals surface area contributed by atoms with Gasteiger partial charge in [-0.05, 0) is 43.2 Å². The molecule has 1 N–H and O–H groups in total. The van der Waals surface area contributed by atoms with E-state index in [9.17, 15) is 17.6 Å². The maximum atomic E-state index is 13.3. The fourth-order valence-electron chi connectivity index (χ4n) is 3.50. The van der Waals surface area contributed by atoms with Crippen molar-refractivity contribution in [3.63, 3.8) is 0 Å². The second-order valence-electron chi connectivity index (χ2n) is 6.72. The van der Waals surface area contributed by atoms with E-state index in [2.05, 4.69) is 10.3 Å². The van der Waals surface area contributed by atoms with Crippen molar-refractivity contribution in [2.24, 2.45) is 0 Å². The predicted octanol–water partition coefficient (Wildman–Crippen LogP) is 3.82. The van der Waals surface area contributed by atoms with Crippen LogP contribution in [0.4, 0.5) is 10.1 Å². The summed E-state index contributed by atoms with van der Waals surface area (Å²) in [5.74, 6) is -1.08. The predicted molar refractivity (Wildman–Crippen MR) is 109 cm³/mol. The summed E-state index contributed by atoms with van der Waals surface area (Å²) >= 11 is 5.75. The molecule has 0 aliphatic carbocycles. The molecule has 0 bridgehead atoms. The SMILES string of the molecule is O=C(Nc1ccc(F)c(Cl)c1)C1CCCN1S(=O)(=O)c1cccc2cccnc12.